The van der Waals surface area contributed by atoms with Crippen LogP contribution in [0.4, 0.5) is 0 Å². The van der Waals surface area contributed by atoms with Gasteiger partial charge in [0.05, 0.1) is 16.7 Å². The van der Waals surface area contributed by atoms with E-state index in [1.54, 1.807) is 12.4 Å². The van der Waals surface area contributed by atoms with Gasteiger partial charge in [0.2, 0.25) is 0 Å². The maximum atomic E-state index is 5.63. The predicted octanol–water partition coefficient (Wildman–Crippen LogP) is 1.96. The highest BCUT2D eigenvalue weighted by atomic mass is 32.2. The molecule has 0 bridgehead atoms. The molecule has 3 rings (SSSR count). The molecule has 0 unspecified atom stereocenters. The summed E-state index contributed by atoms with van der Waals surface area (Å²) in [6.07, 6.45) is 3.30. The normalized spacial score (nSPS) is 10.9. The van der Waals surface area contributed by atoms with E-state index >= 15 is 0 Å². The van der Waals surface area contributed by atoms with Crippen LogP contribution in [-0.2, 0) is 6.54 Å². The number of hydrogen-bond donors (Lipinski definition) is 2. The van der Waals surface area contributed by atoms with Gasteiger partial charge in [-0.3, -0.25) is 4.98 Å². The van der Waals surface area contributed by atoms with Gasteiger partial charge in [-0.05, 0) is 23.9 Å². The Morgan fingerprint density at radius 1 is 1.17 bits per heavy atom. The van der Waals surface area contributed by atoms with E-state index in [1.165, 1.54) is 11.8 Å². The van der Waals surface area contributed by atoms with Gasteiger partial charge in [-0.25, -0.2) is 9.97 Å². The lowest BCUT2D eigenvalue weighted by atomic mass is 10.3. The Balaban J connectivity index is 1.96. The Labute approximate surface area is 108 Å². The lowest BCUT2D eigenvalue weighted by Crippen LogP contribution is -2.02. The van der Waals surface area contributed by atoms with E-state index in [0.717, 1.165) is 26.9 Å². The SMILES string of the molecule is NCc1nccnc1Sc1nc2ccccc2[nH]1. The molecular formula is C12H11N5S. The third-order valence-electron chi connectivity index (χ3n) is 2.49. The Hall–Kier alpha value is -1.92. The highest BCUT2D eigenvalue weighted by molar-refractivity contribution is 7.99. The number of para-hydroxylation sites is 2. The number of aromatic amines is 1. The second kappa shape index (κ2) is 4.75. The minimum absolute atomic E-state index is 0.371. The van der Waals surface area contributed by atoms with Gasteiger partial charge in [-0.1, -0.05) is 12.1 Å². The van der Waals surface area contributed by atoms with Crippen LogP contribution in [0.1, 0.15) is 5.69 Å². The molecule has 0 amide bonds. The summed E-state index contributed by atoms with van der Waals surface area (Å²) in [5.41, 5.74) is 8.37. The molecule has 0 aliphatic rings. The zero-order chi connectivity index (χ0) is 12.4. The Morgan fingerprint density at radius 2 is 2.00 bits per heavy atom. The van der Waals surface area contributed by atoms with Crippen molar-refractivity contribution in [3.63, 3.8) is 0 Å². The first-order valence-electron chi connectivity index (χ1n) is 5.49. The van der Waals surface area contributed by atoms with Crippen LogP contribution >= 0.6 is 11.8 Å². The van der Waals surface area contributed by atoms with Crippen molar-refractivity contribution in [3.05, 3.63) is 42.4 Å². The molecular weight excluding hydrogens is 246 g/mol. The van der Waals surface area contributed by atoms with Crippen molar-refractivity contribution >= 4 is 22.8 Å². The van der Waals surface area contributed by atoms with Gasteiger partial charge in [0.25, 0.3) is 0 Å². The Morgan fingerprint density at radius 3 is 2.83 bits per heavy atom. The maximum absolute atomic E-state index is 5.63. The molecule has 3 aromatic rings. The second-order valence-corrected chi connectivity index (χ2v) is 4.65. The third kappa shape index (κ3) is 2.07. The first-order chi connectivity index (χ1) is 8.86. The van der Waals surface area contributed by atoms with E-state index in [2.05, 4.69) is 19.9 Å². The first-order valence-corrected chi connectivity index (χ1v) is 6.31. The van der Waals surface area contributed by atoms with Gasteiger partial charge in [-0.15, -0.1) is 0 Å². The molecule has 0 aliphatic heterocycles. The van der Waals surface area contributed by atoms with E-state index in [1.807, 2.05) is 24.3 Å². The average molecular weight is 257 g/mol. The van der Waals surface area contributed by atoms with Crippen molar-refractivity contribution in [2.75, 3.05) is 0 Å². The molecule has 0 atom stereocenters. The van der Waals surface area contributed by atoms with Crippen LogP contribution in [0.5, 0.6) is 0 Å². The van der Waals surface area contributed by atoms with Gasteiger partial charge < -0.3 is 10.7 Å². The van der Waals surface area contributed by atoms with E-state index in [4.69, 9.17) is 5.73 Å². The lowest BCUT2D eigenvalue weighted by Gasteiger charge is -2.01. The zero-order valence-corrected chi connectivity index (χ0v) is 10.3. The van der Waals surface area contributed by atoms with Crippen molar-refractivity contribution in [2.45, 2.75) is 16.7 Å². The van der Waals surface area contributed by atoms with Gasteiger partial charge >= 0.3 is 0 Å². The van der Waals surface area contributed by atoms with Crippen LogP contribution in [0, 0.1) is 0 Å². The van der Waals surface area contributed by atoms with Gasteiger partial charge in [0.1, 0.15) is 5.03 Å². The Kier molecular flexibility index (Phi) is 2.95. The van der Waals surface area contributed by atoms with E-state index < -0.39 is 0 Å². The van der Waals surface area contributed by atoms with Gasteiger partial charge in [0.15, 0.2) is 5.16 Å². The van der Waals surface area contributed by atoms with Crippen molar-refractivity contribution in [1.29, 1.82) is 0 Å². The molecule has 0 saturated heterocycles. The number of hydrogen-bond acceptors (Lipinski definition) is 5. The number of rotatable bonds is 3. The monoisotopic (exact) mass is 257 g/mol. The highest BCUT2D eigenvalue weighted by Crippen LogP contribution is 2.26. The smallest absolute Gasteiger partial charge is 0.172 e. The summed E-state index contributed by atoms with van der Waals surface area (Å²) in [6, 6.07) is 7.90. The predicted molar refractivity (Wildman–Crippen MR) is 70.1 cm³/mol. The van der Waals surface area contributed by atoms with Crippen LogP contribution < -0.4 is 5.73 Å². The number of nitrogens with one attached hydrogen (secondary N) is 1. The number of imidazole rings is 1. The number of benzene rings is 1. The fourth-order valence-corrected chi connectivity index (χ4v) is 2.50. The number of fused-ring (bicyclic) bond motifs is 1. The van der Waals surface area contributed by atoms with Crippen molar-refractivity contribution in [3.8, 4) is 0 Å². The molecule has 2 aromatic heterocycles. The first kappa shape index (κ1) is 11.2. The highest BCUT2D eigenvalue weighted by Gasteiger charge is 2.09. The van der Waals surface area contributed by atoms with Crippen molar-refractivity contribution in [1.82, 2.24) is 19.9 Å². The van der Waals surface area contributed by atoms with Gasteiger partial charge in [-0.2, -0.15) is 0 Å². The average Bonchev–Trinajstić information content (AvgIpc) is 2.81. The molecule has 0 fully saturated rings. The van der Waals surface area contributed by atoms with E-state index in [9.17, 15) is 0 Å². The summed E-state index contributed by atoms with van der Waals surface area (Å²) >= 11 is 1.44. The number of H-pyrrole nitrogens is 1. The molecule has 90 valence electrons. The fraction of sp³-hybridized carbons (Fsp3) is 0.0833. The zero-order valence-electron chi connectivity index (χ0n) is 9.50. The molecule has 0 radical (unpaired) electrons. The molecule has 1 aromatic carbocycles. The number of nitrogens with zero attached hydrogens (tertiary/aromatic N) is 3. The van der Waals surface area contributed by atoms with E-state index in [0.29, 0.717) is 6.54 Å². The van der Waals surface area contributed by atoms with Crippen LogP contribution in [0.3, 0.4) is 0 Å². The fourth-order valence-electron chi connectivity index (χ4n) is 1.65. The van der Waals surface area contributed by atoms with Crippen LogP contribution in [0.25, 0.3) is 11.0 Å². The minimum atomic E-state index is 0.371. The summed E-state index contributed by atoms with van der Waals surface area (Å²) in [5.74, 6) is 0. The lowest BCUT2D eigenvalue weighted by molar-refractivity contribution is 0.883. The van der Waals surface area contributed by atoms with E-state index in [-0.39, 0.29) is 0 Å². The molecule has 6 heteroatoms. The molecule has 18 heavy (non-hydrogen) atoms. The van der Waals surface area contributed by atoms with Crippen LogP contribution in [-0.4, -0.2) is 19.9 Å². The molecule has 3 N–H and O–H groups in total. The molecule has 0 aliphatic carbocycles. The topological polar surface area (TPSA) is 80.5 Å². The summed E-state index contributed by atoms with van der Waals surface area (Å²) in [6.45, 7) is 0.371. The number of aromatic nitrogens is 4. The number of nitrogens with two attached hydrogens (primary N) is 1. The minimum Gasteiger partial charge on any atom is -0.333 e. The summed E-state index contributed by atoms with van der Waals surface area (Å²) in [5, 5.41) is 1.59. The van der Waals surface area contributed by atoms with Crippen LogP contribution in [0.15, 0.2) is 46.8 Å². The quantitative estimate of drug-likeness (QED) is 0.749. The third-order valence-corrected chi connectivity index (χ3v) is 3.41. The second-order valence-electron chi connectivity index (χ2n) is 3.67. The Bertz CT molecular complexity index is 646. The van der Waals surface area contributed by atoms with Crippen molar-refractivity contribution in [2.24, 2.45) is 5.73 Å². The molecule has 0 spiro atoms. The summed E-state index contributed by atoms with van der Waals surface area (Å²) in [4.78, 5) is 16.2. The molecule has 2 heterocycles. The largest absolute Gasteiger partial charge is 0.333 e. The summed E-state index contributed by atoms with van der Waals surface area (Å²) < 4.78 is 0. The maximum Gasteiger partial charge on any atom is 0.172 e. The van der Waals surface area contributed by atoms with Gasteiger partial charge in [0, 0.05) is 18.9 Å². The van der Waals surface area contributed by atoms with Crippen LogP contribution in [0.2, 0.25) is 0 Å². The van der Waals surface area contributed by atoms with Crippen molar-refractivity contribution < 1.29 is 0 Å². The standard InChI is InChI=1S/C12H11N5S/c13-7-10-11(15-6-5-14-10)18-12-16-8-3-1-2-4-9(8)17-12/h1-6H,7,13H2,(H,16,17). The summed E-state index contributed by atoms with van der Waals surface area (Å²) in [7, 11) is 0. The molecule has 5 nitrogen and oxygen atoms in total. The molecule has 0 saturated carbocycles.